The van der Waals surface area contributed by atoms with Crippen LogP contribution in [0.1, 0.15) is 5.69 Å². The highest BCUT2D eigenvalue weighted by molar-refractivity contribution is 9.10. The molecule has 0 radical (unpaired) electrons. The zero-order chi connectivity index (χ0) is 14.0. The third-order valence-electron chi connectivity index (χ3n) is 2.35. The Morgan fingerprint density at radius 3 is 2.84 bits per heavy atom. The van der Waals surface area contributed by atoms with Crippen LogP contribution in [-0.4, -0.2) is 18.4 Å². The lowest BCUT2D eigenvalue weighted by Crippen LogP contribution is -2.24. The van der Waals surface area contributed by atoms with Crippen LogP contribution >= 0.6 is 15.9 Å². The molecule has 102 valence electrons. The van der Waals surface area contributed by atoms with Gasteiger partial charge in [-0.1, -0.05) is 0 Å². The Labute approximate surface area is 117 Å². The molecular weight excluding hydrogens is 339 g/mol. The summed E-state index contributed by atoms with van der Waals surface area (Å²) in [5.41, 5.74) is 6.26. The van der Waals surface area contributed by atoms with E-state index in [1.54, 1.807) is 0 Å². The lowest BCUT2D eigenvalue weighted by Gasteiger charge is -2.08. The maximum absolute atomic E-state index is 13.7. The minimum absolute atomic E-state index is 0.0161. The highest BCUT2D eigenvalue weighted by Gasteiger charge is 2.20. The molecule has 0 atom stereocenters. The quantitative estimate of drug-likeness (QED) is 0.726. The summed E-state index contributed by atoms with van der Waals surface area (Å²) in [5.74, 6) is -0.877. The van der Waals surface area contributed by atoms with Crippen molar-refractivity contribution in [1.29, 1.82) is 0 Å². The molecule has 1 heterocycles. The first-order valence-corrected chi connectivity index (χ1v) is 7.39. The maximum atomic E-state index is 13.7. The van der Waals surface area contributed by atoms with Crippen LogP contribution in [0.2, 0.25) is 0 Å². The van der Waals surface area contributed by atoms with Gasteiger partial charge in [-0.15, -0.1) is 0 Å². The molecule has 1 aromatic carbocycles. The molecule has 1 aromatic heterocycles. The molecule has 0 bridgehead atoms. The maximum Gasteiger partial charge on any atom is 0.243 e. The number of aromatic amines is 1. The van der Waals surface area contributed by atoms with Crippen LogP contribution in [0, 0.1) is 5.82 Å². The number of nitrogens with zero attached hydrogens (tertiary/aromatic N) is 1. The average Bonchev–Trinajstić information content (AvgIpc) is 2.84. The third-order valence-corrected chi connectivity index (χ3v) is 4.45. The molecule has 0 saturated carbocycles. The lowest BCUT2D eigenvalue weighted by atomic mass is 10.3. The van der Waals surface area contributed by atoms with Crippen LogP contribution in [0.5, 0.6) is 0 Å². The lowest BCUT2D eigenvalue weighted by molar-refractivity contribution is 0.556. The van der Waals surface area contributed by atoms with Crippen LogP contribution in [0.3, 0.4) is 0 Å². The SMILES string of the molecule is Nc1cc(S(=O)(=O)NCc2cnc[nH]2)c(F)cc1Br. The molecule has 4 N–H and O–H groups in total. The summed E-state index contributed by atoms with van der Waals surface area (Å²) in [4.78, 5) is 5.99. The van der Waals surface area contributed by atoms with Gasteiger partial charge < -0.3 is 10.7 Å². The summed E-state index contributed by atoms with van der Waals surface area (Å²) >= 11 is 3.02. The number of H-pyrrole nitrogens is 1. The largest absolute Gasteiger partial charge is 0.398 e. The van der Waals surface area contributed by atoms with Crippen molar-refractivity contribution in [3.05, 3.63) is 40.6 Å². The monoisotopic (exact) mass is 348 g/mol. The van der Waals surface area contributed by atoms with Crippen molar-refractivity contribution in [3.8, 4) is 0 Å². The molecule has 0 aliphatic rings. The van der Waals surface area contributed by atoms with Crippen molar-refractivity contribution in [3.63, 3.8) is 0 Å². The molecule has 0 unspecified atom stereocenters. The number of halogens is 2. The van der Waals surface area contributed by atoms with Crippen molar-refractivity contribution in [2.75, 3.05) is 5.73 Å². The molecule has 0 spiro atoms. The minimum atomic E-state index is -3.98. The molecule has 0 aliphatic carbocycles. The van der Waals surface area contributed by atoms with Crippen molar-refractivity contribution >= 4 is 31.6 Å². The summed E-state index contributed by atoms with van der Waals surface area (Å²) in [5, 5.41) is 0. The van der Waals surface area contributed by atoms with Crippen molar-refractivity contribution in [2.24, 2.45) is 0 Å². The standard InChI is InChI=1S/C10H10BrFN4O2S/c11-7-1-8(12)10(2-9(7)13)19(17,18)16-4-6-3-14-5-15-6/h1-3,5,16H,4,13H2,(H,14,15). The van der Waals surface area contributed by atoms with E-state index < -0.39 is 20.7 Å². The zero-order valence-electron chi connectivity index (χ0n) is 9.52. The van der Waals surface area contributed by atoms with Gasteiger partial charge in [-0.3, -0.25) is 0 Å². The third kappa shape index (κ3) is 3.11. The molecule has 0 saturated heterocycles. The van der Waals surface area contributed by atoms with Gasteiger partial charge in [0.2, 0.25) is 10.0 Å². The summed E-state index contributed by atoms with van der Waals surface area (Å²) < 4.78 is 40.1. The molecule has 2 aromatic rings. The Hall–Kier alpha value is -1.45. The normalized spacial score (nSPS) is 11.7. The smallest absolute Gasteiger partial charge is 0.243 e. The number of hydrogen-bond acceptors (Lipinski definition) is 4. The van der Waals surface area contributed by atoms with Crippen LogP contribution < -0.4 is 10.5 Å². The topological polar surface area (TPSA) is 101 Å². The van der Waals surface area contributed by atoms with Gasteiger partial charge in [0.1, 0.15) is 10.7 Å². The van der Waals surface area contributed by atoms with Crippen molar-refractivity contribution in [1.82, 2.24) is 14.7 Å². The van der Waals surface area contributed by atoms with E-state index in [0.29, 0.717) is 10.2 Å². The number of anilines is 1. The van der Waals surface area contributed by atoms with E-state index in [-0.39, 0.29) is 12.2 Å². The van der Waals surface area contributed by atoms with Gasteiger partial charge in [0.25, 0.3) is 0 Å². The number of nitrogens with two attached hydrogens (primary N) is 1. The van der Waals surface area contributed by atoms with E-state index in [1.165, 1.54) is 12.5 Å². The van der Waals surface area contributed by atoms with Crippen LogP contribution in [0.25, 0.3) is 0 Å². The second kappa shape index (κ2) is 5.27. The molecule has 9 heteroatoms. The van der Waals surface area contributed by atoms with Crippen molar-refractivity contribution < 1.29 is 12.8 Å². The predicted molar refractivity (Wildman–Crippen MR) is 71.1 cm³/mol. The second-order valence-corrected chi connectivity index (χ2v) is 6.30. The van der Waals surface area contributed by atoms with E-state index in [1.807, 2.05) is 0 Å². The fourth-order valence-corrected chi connectivity index (χ4v) is 2.80. The van der Waals surface area contributed by atoms with E-state index in [4.69, 9.17) is 5.73 Å². The molecule has 0 fully saturated rings. The number of imidazole rings is 1. The molecular formula is C10H10BrFN4O2S. The summed E-state index contributed by atoms with van der Waals surface area (Å²) in [6.07, 6.45) is 2.89. The van der Waals surface area contributed by atoms with Gasteiger partial charge in [0.05, 0.1) is 12.9 Å². The Bertz CT molecular complexity index is 688. The first-order chi connectivity index (χ1) is 8.90. The number of rotatable bonds is 4. The number of nitrogens with one attached hydrogen (secondary N) is 2. The van der Waals surface area contributed by atoms with E-state index >= 15 is 0 Å². The Morgan fingerprint density at radius 2 is 2.21 bits per heavy atom. The summed E-state index contributed by atoms with van der Waals surface area (Å²) in [6.45, 7) is -0.0161. The molecule has 0 amide bonds. The Morgan fingerprint density at radius 1 is 1.47 bits per heavy atom. The molecule has 0 aliphatic heterocycles. The summed E-state index contributed by atoms with van der Waals surface area (Å²) in [7, 11) is -3.98. The predicted octanol–water partition coefficient (Wildman–Crippen LogP) is 1.37. The van der Waals surface area contributed by atoms with Gasteiger partial charge in [-0.2, -0.15) is 0 Å². The fraction of sp³-hybridized carbons (Fsp3) is 0.100. The van der Waals surface area contributed by atoms with Gasteiger partial charge in [-0.25, -0.2) is 22.5 Å². The van der Waals surface area contributed by atoms with Crippen LogP contribution in [-0.2, 0) is 16.6 Å². The zero-order valence-corrected chi connectivity index (χ0v) is 11.9. The highest BCUT2D eigenvalue weighted by Crippen LogP contribution is 2.25. The average molecular weight is 349 g/mol. The fourth-order valence-electron chi connectivity index (χ4n) is 1.38. The van der Waals surface area contributed by atoms with Gasteiger partial charge in [0.15, 0.2) is 0 Å². The Kier molecular flexibility index (Phi) is 3.88. The first kappa shape index (κ1) is 14.0. The number of hydrogen-bond donors (Lipinski definition) is 3. The second-order valence-electron chi connectivity index (χ2n) is 3.71. The Balaban J connectivity index is 2.27. The molecule has 6 nitrogen and oxygen atoms in total. The van der Waals surface area contributed by atoms with Crippen LogP contribution in [0.15, 0.2) is 34.0 Å². The van der Waals surface area contributed by atoms with Crippen molar-refractivity contribution in [2.45, 2.75) is 11.4 Å². The molecule has 19 heavy (non-hydrogen) atoms. The number of nitrogen functional groups attached to an aromatic ring is 1. The number of sulfonamides is 1. The number of aromatic nitrogens is 2. The molecule has 2 rings (SSSR count). The van der Waals surface area contributed by atoms with E-state index in [2.05, 4.69) is 30.6 Å². The highest BCUT2D eigenvalue weighted by atomic mass is 79.9. The first-order valence-electron chi connectivity index (χ1n) is 5.11. The van der Waals surface area contributed by atoms with Gasteiger partial charge >= 0.3 is 0 Å². The van der Waals surface area contributed by atoms with Gasteiger partial charge in [0, 0.05) is 22.1 Å². The van der Waals surface area contributed by atoms with Crippen LogP contribution in [0.4, 0.5) is 10.1 Å². The minimum Gasteiger partial charge on any atom is -0.398 e. The van der Waals surface area contributed by atoms with E-state index in [9.17, 15) is 12.8 Å². The van der Waals surface area contributed by atoms with Gasteiger partial charge in [-0.05, 0) is 28.1 Å². The summed E-state index contributed by atoms with van der Waals surface area (Å²) in [6, 6.07) is 2.08. The van der Waals surface area contributed by atoms with E-state index in [0.717, 1.165) is 12.1 Å². The number of benzene rings is 1.